The SMILES string of the molecule is O=C(CC1CNCCO1)N1CCC(N2CCCCC2)CC1. The van der Waals surface area contributed by atoms with Gasteiger partial charge in [0.25, 0.3) is 0 Å². The standard InChI is InChI=1S/C16H29N3O2/c20-16(12-15-13-17-6-11-21-15)19-9-4-14(5-10-19)18-7-2-1-3-8-18/h14-15,17H,1-13H2. The third kappa shape index (κ3) is 4.18. The number of amides is 1. The molecule has 120 valence electrons. The molecule has 0 radical (unpaired) electrons. The summed E-state index contributed by atoms with van der Waals surface area (Å²) in [5, 5.41) is 3.29. The molecule has 5 heteroatoms. The average molecular weight is 295 g/mol. The van der Waals surface area contributed by atoms with E-state index in [-0.39, 0.29) is 12.0 Å². The molecular weight excluding hydrogens is 266 g/mol. The van der Waals surface area contributed by atoms with Gasteiger partial charge < -0.3 is 19.9 Å². The second kappa shape index (κ2) is 7.56. The Balaban J connectivity index is 1.40. The van der Waals surface area contributed by atoms with Gasteiger partial charge >= 0.3 is 0 Å². The Labute approximate surface area is 128 Å². The molecule has 3 saturated heterocycles. The average Bonchev–Trinajstić information content (AvgIpc) is 2.57. The summed E-state index contributed by atoms with van der Waals surface area (Å²) in [5.74, 6) is 0.279. The fourth-order valence-electron chi connectivity index (χ4n) is 3.84. The molecule has 0 aliphatic carbocycles. The van der Waals surface area contributed by atoms with Crippen LogP contribution < -0.4 is 5.32 Å². The number of rotatable bonds is 3. The molecule has 5 nitrogen and oxygen atoms in total. The maximum Gasteiger partial charge on any atom is 0.225 e. The second-order valence-corrected chi connectivity index (χ2v) is 6.61. The summed E-state index contributed by atoms with van der Waals surface area (Å²) in [4.78, 5) is 17.1. The largest absolute Gasteiger partial charge is 0.375 e. The molecule has 1 unspecified atom stereocenters. The van der Waals surface area contributed by atoms with Gasteiger partial charge in [-0.3, -0.25) is 4.79 Å². The maximum absolute atomic E-state index is 12.4. The van der Waals surface area contributed by atoms with Crippen molar-refractivity contribution in [1.29, 1.82) is 0 Å². The number of likely N-dealkylation sites (tertiary alicyclic amines) is 2. The Bertz CT molecular complexity index is 330. The number of nitrogens with zero attached hydrogens (tertiary/aromatic N) is 2. The van der Waals surface area contributed by atoms with Crippen LogP contribution in [0.25, 0.3) is 0 Å². The van der Waals surface area contributed by atoms with Crippen LogP contribution in [0.15, 0.2) is 0 Å². The summed E-state index contributed by atoms with van der Waals surface area (Å²) in [6, 6.07) is 0.710. The molecule has 3 aliphatic heterocycles. The number of nitrogens with one attached hydrogen (secondary N) is 1. The number of carbonyl (C=O) groups is 1. The number of piperidine rings is 2. The summed E-state index contributed by atoms with van der Waals surface area (Å²) in [5.41, 5.74) is 0. The van der Waals surface area contributed by atoms with Gasteiger partial charge in [0.05, 0.1) is 19.1 Å². The topological polar surface area (TPSA) is 44.8 Å². The number of morpholine rings is 1. The minimum atomic E-state index is 0.0751. The van der Waals surface area contributed by atoms with Crippen molar-refractivity contribution in [1.82, 2.24) is 15.1 Å². The van der Waals surface area contributed by atoms with Crippen molar-refractivity contribution in [3.63, 3.8) is 0 Å². The van der Waals surface area contributed by atoms with Crippen LogP contribution in [-0.4, -0.2) is 73.7 Å². The van der Waals surface area contributed by atoms with E-state index >= 15 is 0 Å². The van der Waals surface area contributed by atoms with Crippen LogP contribution >= 0.6 is 0 Å². The van der Waals surface area contributed by atoms with Crippen LogP contribution in [0.4, 0.5) is 0 Å². The summed E-state index contributed by atoms with van der Waals surface area (Å²) in [6.07, 6.45) is 7.01. The van der Waals surface area contributed by atoms with E-state index in [4.69, 9.17) is 4.74 Å². The summed E-state index contributed by atoms with van der Waals surface area (Å²) in [6.45, 7) is 6.84. The quantitative estimate of drug-likeness (QED) is 0.838. The van der Waals surface area contributed by atoms with E-state index < -0.39 is 0 Å². The molecule has 0 aromatic carbocycles. The molecule has 1 amide bonds. The molecule has 3 aliphatic rings. The van der Waals surface area contributed by atoms with Gasteiger partial charge in [0.15, 0.2) is 0 Å². The molecule has 1 atom stereocenters. The van der Waals surface area contributed by atoms with E-state index in [1.165, 1.54) is 32.4 Å². The Kier molecular flexibility index (Phi) is 5.49. The molecule has 3 rings (SSSR count). The molecule has 0 aromatic rings. The van der Waals surface area contributed by atoms with Crippen LogP contribution in [0.5, 0.6) is 0 Å². The van der Waals surface area contributed by atoms with Crippen molar-refractivity contribution in [3.8, 4) is 0 Å². The van der Waals surface area contributed by atoms with E-state index in [2.05, 4.69) is 15.1 Å². The molecule has 21 heavy (non-hydrogen) atoms. The van der Waals surface area contributed by atoms with E-state index in [9.17, 15) is 4.79 Å². The van der Waals surface area contributed by atoms with Gasteiger partial charge in [-0.25, -0.2) is 0 Å². The Morgan fingerprint density at radius 3 is 2.52 bits per heavy atom. The van der Waals surface area contributed by atoms with Crippen molar-refractivity contribution in [3.05, 3.63) is 0 Å². The molecule has 3 fully saturated rings. The fraction of sp³-hybridized carbons (Fsp3) is 0.938. The molecule has 0 aromatic heterocycles. The first-order valence-electron chi connectivity index (χ1n) is 8.67. The predicted octanol–water partition coefficient (Wildman–Crippen LogP) is 0.842. The smallest absolute Gasteiger partial charge is 0.225 e. The Morgan fingerprint density at radius 2 is 1.86 bits per heavy atom. The normalized spacial score (nSPS) is 29.5. The van der Waals surface area contributed by atoms with Crippen LogP contribution in [0.2, 0.25) is 0 Å². The first-order chi connectivity index (χ1) is 10.3. The zero-order valence-corrected chi connectivity index (χ0v) is 13.1. The first-order valence-corrected chi connectivity index (χ1v) is 8.67. The zero-order valence-electron chi connectivity index (χ0n) is 13.1. The monoisotopic (exact) mass is 295 g/mol. The lowest BCUT2D eigenvalue weighted by Crippen LogP contribution is -2.49. The summed E-state index contributed by atoms with van der Waals surface area (Å²) < 4.78 is 5.64. The van der Waals surface area contributed by atoms with Crippen molar-refractivity contribution in [2.45, 2.75) is 50.7 Å². The lowest BCUT2D eigenvalue weighted by Gasteiger charge is -2.40. The van der Waals surface area contributed by atoms with Crippen LogP contribution in [0, 0.1) is 0 Å². The maximum atomic E-state index is 12.4. The second-order valence-electron chi connectivity index (χ2n) is 6.61. The van der Waals surface area contributed by atoms with Crippen LogP contribution in [-0.2, 0) is 9.53 Å². The van der Waals surface area contributed by atoms with Crippen LogP contribution in [0.3, 0.4) is 0 Å². The molecule has 0 spiro atoms. The van der Waals surface area contributed by atoms with Crippen LogP contribution in [0.1, 0.15) is 38.5 Å². The predicted molar refractivity (Wildman–Crippen MR) is 82.3 cm³/mol. The summed E-state index contributed by atoms with van der Waals surface area (Å²) in [7, 11) is 0. The van der Waals surface area contributed by atoms with Gasteiger partial charge in [0.2, 0.25) is 5.91 Å². The van der Waals surface area contributed by atoms with Gasteiger partial charge in [-0.05, 0) is 38.8 Å². The van der Waals surface area contributed by atoms with Crippen molar-refractivity contribution >= 4 is 5.91 Å². The van der Waals surface area contributed by atoms with E-state index in [0.717, 1.165) is 45.6 Å². The highest BCUT2D eigenvalue weighted by atomic mass is 16.5. The molecule has 3 heterocycles. The van der Waals surface area contributed by atoms with Gasteiger partial charge in [-0.15, -0.1) is 0 Å². The van der Waals surface area contributed by atoms with Crippen molar-refractivity contribution in [2.24, 2.45) is 0 Å². The minimum Gasteiger partial charge on any atom is -0.375 e. The Morgan fingerprint density at radius 1 is 1.10 bits per heavy atom. The molecular formula is C16H29N3O2. The third-order valence-electron chi connectivity index (χ3n) is 5.13. The Hall–Kier alpha value is -0.650. The zero-order chi connectivity index (χ0) is 14.5. The van der Waals surface area contributed by atoms with E-state index in [1.54, 1.807) is 0 Å². The highest BCUT2D eigenvalue weighted by Crippen LogP contribution is 2.21. The molecule has 1 N–H and O–H groups in total. The lowest BCUT2D eigenvalue weighted by molar-refractivity contribution is -0.136. The molecule has 0 bridgehead atoms. The lowest BCUT2D eigenvalue weighted by atomic mass is 9.99. The highest BCUT2D eigenvalue weighted by molar-refractivity contribution is 5.76. The number of hydrogen-bond acceptors (Lipinski definition) is 4. The van der Waals surface area contributed by atoms with Gasteiger partial charge in [-0.1, -0.05) is 6.42 Å². The van der Waals surface area contributed by atoms with Gasteiger partial charge in [0.1, 0.15) is 0 Å². The van der Waals surface area contributed by atoms with Gasteiger partial charge in [-0.2, -0.15) is 0 Å². The molecule has 0 saturated carbocycles. The minimum absolute atomic E-state index is 0.0751. The van der Waals surface area contributed by atoms with Gasteiger partial charge in [0, 0.05) is 32.2 Å². The number of carbonyl (C=O) groups excluding carboxylic acids is 1. The van der Waals surface area contributed by atoms with Crippen molar-refractivity contribution in [2.75, 3.05) is 45.9 Å². The van der Waals surface area contributed by atoms with E-state index in [1.807, 2.05) is 0 Å². The highest BCUT2D eigenvalue weighted by Gasteiger charge is 2.28. The van der Waals surface area contributed by atoms with E-state index in [0.29, 0.717) is 12.5 Å². The number of ether oxygens (including phenoxy) is 1. The summed E-state index contributed by atoms with van der Waals surface area (Å²) >= 11 is 0. The number of hydrogen-bond donors (Lipinski definition) is 1. The van der Waals surface area contributed by atoms with Crippen molar-refractivity contribution < 1.29 is 9.53 Å². The fourth-order valence-corrected chi connectivity index (χ4v) is 3.84. The first kappa shape index (κ1) is 15.3. The third-order valence-corrected chi connectivity index (χ3v) is 5.13.